The molecular formula is C20H25N3O2. The molecule has 2 N–H and O–H groups in total. The number of rotatable bonds is 5. The van der Waals surface area contributed by atoms with Gasteiger partial charge in [0.2, 0.25) is 0 Å². The van der Waals surface area contributed by atoms with Crippen molar-refractivity contribution in [1.82, 2.24) is 15.3 Å². The van der Waals surface area contributed by atoms with E-state index in [-0.39, 0.29) is 11.3 Å². The maximum Gasteiger partial charge on any atom is 0.267 e. The monoisotopic (exact) mass is 339 g/mol. The lowest BCUT2D eigenvalue weighted by molar-refractivity contribution is 0.0949. The first-order valence-electron chi connectivity index (χ1n) is 8.67. The lowest BCUT2D eigenvalue weighted by atomic mass is 9.97. The summed E-state index contributed by atoms with van der Waals surface area (Å²) < 4.78 is 5.88. The summed E-state index contributed by atoms with van der Waals surface area (Å²) in [5, 5.41) is 4.00. The molecule has 0 atom stereocenters. The average molecular weight is 339 g/mol. The molecule has 2 aromatic heterocycles. The van der Waals surface area contributed by atoms with Gasteiger partial charge in [-0.1, -0.05) is 39.0 Å². The number of benzene rings is 1. The highest BCUT2D eigenvalue weighted by atomic mass is 16.4. The van der Waals surface area contributed by atoms with E-state index in [1.54, 1.807) is 0 Å². The van der Waals surface area contributed by atoms with Gasteiger partial charge in [0.15, 0.2) is 5.89 Å². The maximum absolute atomic E-state index is 12.3. The zero-order valence-electron chi connectivity index (χ0n) is 15.3. The third kappa shape index (κ3) is 3.92. The number of nitrogens with zero attached hydrogens (tertiary/aromatic N) is 1. The minimum Gasteiger partial charge on any atom is -0.445 e. The van der Waals surface area contributed by atoms with Gasteiger partial charge < -0.3 is 14.7 Å². The zero-order valence-corrected chi connectivity index (χ0v) is 15.3. The number of fused-ring (bicyclic) bond motifs is 1. The van der Waals surface area contributed by atoms with Gasteiger partial charge in [-0.05, 0) is 25.5 Å². The van der Waals surface area contributed by atoms with Crippen LogP contribution in [0.5, 0.6) is 0 Å². The van der Waals surface area contributed by atoms with Crippen LogP contribution in [-0.2, 0) is 11.8 Å². The standard InChI is InChI=1S/C20H25N3O2/c1-13-17(25-19(22-13)20(2,3)4)10-7-11-21-18(24)16-12-14-8-5-6-9-15(14)23-16/h5-6,8-9,12,23H,7,10-11H2,1-4H3,(H,21,24). The predicted molar refractivity (Wildman–Crippen MR) is 98.9 cm³/mol. The Morgan fingerprint density at radius 2 is 2.04 bits per heavy atom. The van der Waals surface area contributed by atoms with Crippen LogP contribution in [0.2, 0.25) is 0 Å². The Hall–Kier alpha value is -2.56. The molecule has 0 unspecified atom stereocenters. The molecule has 0 bridgehead atoms. The number of hydrogen-bond donors (Lipinski definition) is 2. The van der Waals surface area contributed by atoms with E-state index in [2.05, 4.69) is 36.1 Å². The third-order valence-electron chi connectivity index (χ3n) is 4.18. The van der Waals surface area contributed by atoms with E-state index in [4.69, 9.17) is 4.42 Å². The third-order valence-corrected chi connectivity index (χ3v) is 4.18. The number of para-hydroxylation sites is 1. The van der Waals surface area contributed by atoms with Crippen molar-refractivity contribution < 1.29 is 9.21 Å². The van der Waals surface area contributed by atoms with E-state index in [1.165, 1.54) is 0 Å². The Bertz CT molecular complexity index is 851. The first kappa shape index (κ1) is 17.3. The minimum atomic E-state index is -0.0904. The summed E-state index contributed by atoms with van der Waals surface area (Å²) >= 11 is 0. The zero-order chi connectivity index (χ0) is 18.0. The number of oxazole rings is 1. The highest BCUT2D eigenvalue weighted by molar-refractivity contribution is 5.97. The van der Waals surface area contributed by atoms with Crippen LogP contribution in [0.3, 0.4) is 0 Å². The molecular weight excluding hydrogens is 314 g/mol. The molecule has 0 saturated carbocycles. The molecule has 1 amide bonds. The second-order valence-corrected chi connectivity index (χ2v) is 7.41. The van der Waals surface area contributed by atoms with Gasteiger partial charge >= 0.3 is 0 Å². The number of aromatic nitrogens is 2. The van der Waals surface area contributed by atoms with Crippen molar-refractivity contribution in [2.75, 3.05) is 6.54 Å². The SMILES string of the molecule is Cc1nc(C(C)(C)C)oc1CCCNC(=O)c1cc2ccccc2[nH]1. The summed E-state index contributed by atoms with van der Waals surface area (Å²) in [6.07, 6.45) is 1.58. The van der Waals surface area contributed by atoms with E-state index in [9.17, 15) is 4.79 Å². The topological polar surface area (TPSA) is 70.9 Å². The Labute approximate surface area is 147 Å². The Morgan fingerprint density at radius 3 is 2.72 bits per heavy atom. The van der Waals surface area contributed by atoms with E-state index in [1.807, 2.05) is 37.3 Å². The van der Waals surface area contributed by atoms with Gasteiger partial charge in [0.05, 0.1) is 5.69 Å². The molecule has 25 heavy (non-hydrogen) atoms. The number of hydrogen-bond acceptors (Lipinski definition) is 3. The number of aromatic amines is 1. The van der Waals surface area contributed by atoms with Crippen LogP contribution in [0.4, 0.5) is 0 Å². The molecule has 1 aromatic carbocycles. The second-order valence-electron chi connectivity index (χ2n) is 7.41. The van der Waals surface area contributed by atoms with Gasteiger partial charge in [0.25, 0.3) is 5.91 Å². The first-order chi connectivity index (χ1) is 11.8. The minimum absolute atomic E-state index is 0.0825. The van der Waals surface area contributed by atoms with Crippen molar-refractivity contribution in [3.8, 4) is 0 Å². The molecule has 3 aromatic rings. The Balaban J connectivity index is 1.53. The van der Waals surface area contributed by atoms with Crippen molar-refractivity contribution in [3.63, 3.8) is 0 Å². The van der Waals surface area contributed by atoms with Crippen LogP contribution >= 0.6 is 0 Å². The number of nitrogens with one attached hydrogen (secondary N) is 2. The fourth-order valence-electron chi connectivity index (χ4n) is 2.72. The van der Waals surface area contributed by atoms with Gasteiger partial charge in [0.1, 0.15) is 11.5 Å². The van der Waals surface area contributed by atoms with Crippen molar-refractivity contribution in [2.24, 2.45) is 0 Å². The molecule has 132 valence electrons. The van der Waals surface area contributed by atoms with Gasteiger partial charge in [0, 0.05) is 29.3 Å². The van der Waals surface area contributed by atoms with Crippen LogP contribution in [0, 0.1) is 6.92 Å². The molecule has 0 aliphatic carbocycles. The van der Waals surface area contributed by atoms with Crippen LogP contribution in [0.1, 0.15) is 55.0 Å². The summed E-state index contributed by atoms with van der Waals surface area (Å²) in [5.74, 6) is 1.59. The average Bonchev–Trinajstić information content (AvgIpc) is 3.14. The molecule has 3 rings (SSSR count). The van der Waals surface area contributed by atoms with Crippen molar-refractivity contribution in [1.29, 1.82) is 0 Å². The molecule has 5 heteroatoms. The number of H-pyrrole nitrogens is 1. The largest absolute Gasteiger partial charge is 0.445 e. The summed E-state index contributed by atoms with van der Waals surface area (Å²) in [4.78, 5) is 19.9. The molecule has 0 radical (unpaired) electrons. The second kappa shape index (κ2) is 6.75. The number of carbonyl (C=O) groups is 1. The van der Waals surface area contributed by atoms with Gasteiger partial charge in [-0.15, -0.1) is 0 Å². The molecule has 0 aliphatic heterocycles. The fraction of sp³-hybridized carbons (Fsp3) is 0.400. The van der Waals surface area contributed by atoms with Crippen LogP contribution in [0.15, 0.2) is 34.7 Å². The number of amides is 1. The lowest BCUT2D eigenvalue weighted by Gasteiger charge is -2.12. The molecule has 5 nitrogen and oxygen atoms in total. The highest BCUT2D eigenvalue weighted by Crippen LogP contribution is 2.24. The van der Waals surface area contributed by atoms with Crippen LogP contribution in [-0.4, -0.2) is 22.4 Å². The highest BCUT2D eigenvalue weighted by Gasteiger charge is 2.22. The van der Waals surface area contributed by atoms with Crippen molar-refractivity contribution in [3.05, 3.63) is 53.4 Å². The van der Waals surface area contributed by atoms with Gasteiger partial charge in [-0.25, -0.2) is 4.98 Å². The van der Waals surface area contributed by atoms with E-state index in [0.29, 0.717) is 12.2 Å². The maximum atomic E-state index is 12.3. The molecule has 2 heterocycles. The lowest BCUT2D eigenvalue weighted by Crippen LogP contribution is -2.25. The quantitative estimate of drug-likeness (QED) is 0.687. The molecule has 0 aliphatic rings. The molecule has 0 saturated heterocycles. The Kier molecular flexibility index (Phi) is 4.66. The number of carbonyl (C=O) groups excluding carboxylic acids is 1. The predicted octanol–water partition coefficient (Wildman–Crippen LogP) is 4.12. The van der Waals surface area contributed by atoms with Gasteiger partial charge in [-0.3, -0.25) is 4.79 Å². The molecule has 0 fully saturated rings. The van der Waals surface area contributed by atoms with Crippen LogP contribution in [0.25, 0.3) is 10.9 Å². The normalized spacial score (nSPS) is 11.8. The smallest absolute Gasteiger partial charge is 0.267 e. The summed E-state index contributed by atoms with van der Waals surface area (Å²) in [5.41, 5.74) is 2.41. The fourth-order valence-corrected chi connectivity index (χ4v) is 2.72. The van der Waals surface area contributed by atoms with Gasteiger partial charge in [-0.2, -0.15) is 0 Å². The van der Waals surface area contributed by atoms with Crippen molar-refractivity contribution >= 4 is 16.8 Å². The summed E-state index contributed by atoms with van der Waals surface area (Å²) in [6, 6.07) is 9.74. The van der Waals surface area contributed by atoms with E-state index < -0.39 is 0 Å². The Morgan fingerprint density at radius 1 is 1.28 bits per heavy atom. The van der Waals surface area contributed by atoms with E-state index >= 15 is 0 Å². The number of aryl methyl sites for hydroxylation is 2. The summed E-state index contributed by atoms with van der Waals surface area (Å²) in [6.45, 7) is 8.82. The van der Waals surface area contributed by atoms with Crippen molar-refractivity contribution in [2.45, 2.75) is 46.0 Å². The first-order valence-corrected chi connectivity index (χ1v) is 8.67. The molecule has 0 spiro atoms. The van der Waals surface area contributed by atoms with Crippen LogP contribution < -0.4 is 5.32 Å². The van der Waals surface area contributed by atoms with E-state index in [0.717, 1.165) is 41.1 Å². The summed E-state index contributed by atoms with van der Waals surface area (Å²) in [7, 11) is 0.